The van der Waals surface area contributed by atoms with E-state index >= 15 is 0 Å². The van der Waals surface area contributed by atoms with Crippen LogP contribution in [-0.4, -0.2) is 44.3 Å². The van der Waals surface area contributed by atoms with Crippen LogP contribution >= 0.6 is 23.2 Å². The number of anilines is 1. The number of nitrogens with one attached hydrogen (secondary N) is 1. The van der Waals surface area contributed by atoms with Gasteiger partial charge in [0.15, 0.2) is 0 Å². The third-order valence-corrected chi connectivity index (χ3v) is 8.74. The third-order valence-electron chi connectivity index (χ3n) is 6.45. The van der Waals surface area contributed by atoms with E-state index in [1.807, 2.05) is 26.8 Å². The zero-order valence-electron chi connectivity index (χ0n) is 22.9. The van der Waals surface area contributed by atoms with Gasteiger partial charge in [-0.2, -0.15) is 0 Å². The van der Waals surface area contributed by atoms with Crippen molar-refractivity contribution in [2.24, 2.45) is 0 Å². The molecule has 2 amide bonds. The zero-order chi connectivity index (χ0) is 29.3. The van der Waals surface area contributed by atoms with E-state index in [1.165, 1.54) is 29.2 Å². The molecule has 1 N–H and O–H groups in total. The van der Waals surface area contributed by atoms with Gasteiger partial charge in [0.05, 0.1) is 10.6 Å². The van der Waals surface area contributed by atoms with Gasteiger partial charge in [-0.25, -0.2) is 8.42 Å². The van der Waals surface area contributed by atoms with Gasteiger partial charge < -0.3 is 10.2 Å². The molecule has 10 heteroatoms. The van der Waals surface area contributed by atoms with E-state index in [-0.39, 0.29) is 17.3 Å². The first-order valence-electron chi connectivity index (χ1n) is 13.2. The molecule has 1 atom stereocenters. The summed E-state index contributed by atoms with van der Waals surface area (Å²) in [6.45, 7) is 5.81. The number of halogens is 2. The van der Waals surface area contributed by atoms with Gasteiger partial charge in [0, 0.05) is 23.1 Å². The van der Waals surface area contributed by atoms with Crippen LogP contribution in [0.3, 0.4) is 0 Å². The first-order valence-corrected chi connectivity index (χ1v) is 15.4. The molecule has 3 rings (SSSR count). The van der Waals surface area contributed by atoms with E-state index in [1.54, 1.807) is 42.5 Å². The van der Waals surface area contributed by atoms with Gasteiger partial charge >= 0.3 is 0 Å². The maximum atomic E-state index is 14.0. The molecule has 0 saturated heterocycles. The lowest BCUT2D eigenvalue weighted by molar-refractivity contribution is -0.140. The minimum Gasteiger partial charge on any atom is -0.354 e. The number of hydrogen-bond acceptors (Lipinski definition) is 4. The van der Waals surface area contributed by atoms with Gasteiger partial charge in [-0.05, 0) is 79.4 Å². The van der Waals surface area contributed by atoms with E-state index < -0.39 is 28.5 Å². The first kappa shape index (κ1) is 31.5. The Kier molecular flexibility index (Phi) is 11.4. The number of carbonyl (C=O) groups is 2. The maximum absolute atomic E-state index is 14.0. The fourth-order valence-corrected chi connectivity index (χ4v) is 5.92. The Hall–Kier alpha value is -3.07. The molecule has 214 valence electrons. The summed E-state index contributed by atoms with van der Waals surface area (Å²) in [5.74, 6) is -0.785. The summed E-state index contributed by atoms with van der Waals surface area (Å²) in [4.78, 5) is 28.7. The van der Waals surface area contributed by atoms with Crippen molar-refractivity contribution >= 4 is 50.7 Å². The molecule has 3 aromatic carbocycles. The number of sulfonamides is 1. The van der Waals surface area contributed by atoms with Gasteiger partial charge in [-0.1, -0.05) is 67.7 Å². The summed E-state index contributed by atoms with van der Waals surface area (Å²) in [6.07, 6.45) is 2.08. The van der Waals surface area contributed by atoms with Gasteiger partial charge in [0.25, 0.3) is 10.0 Å². The molecule has 0 aliphatic rings. The lowest BCUT2D eigenvalue weighted by atomic mass is 10.1. The van der Waals surface area contributed by atoms with Crippen molar-refractivity contribution in [3.05, 3.63) is 94.0 Å². The molecule has 0 aliphatic carbocycles. The normalized spacial score (nSPS) is 12.0. The molecule has 0 fully saturated rings. The molecule has 0 unspecified atom stereocenters. The SMILES string of the molecule is CCCCNC(=O)[C@@H](CC)N(Cc1ccc(Cl)cc1)C(=O)CN(c1cccc(C)c1)S(=O)(=O)c1ccc(Cl)cc1. The van der Waals surface area contributed by atoms with Crippen LogP contribution in [0, 0.1) is 6.92 Å². The number of aryl methyl sites for hydroxylation is 1. The van der Waals surface area contributed by atoms with E-state index in [9.17, 15) is 18.0 Å². The second-order valence-corrected chi connectivity index (χ2v) is 12.3. The molecule has 3 aromatic rings. The lowest BCUT2D eigenvalue weighted by Gasteiger charge is -2.33. The maximum Gasteiger partial charge on any atom is 0.264 e. The van der Waals surface area contributed by atoms with E-state index in [4.69, 9.17) is 23.2 Å². The Morgan fingerprint density at radius 2 is 1.55 bits per heavy atom. The van der Waals surface area contributed by atoms with Crippen molar-refractivity contribution in [2.45, 2.75) is 57.5 Å². The van der Waals surface area contributed by atoms with E-state index in [0.29, 0.717) is 28.7 Å². The molecule has 0 aliphatic heterocycles. The summed E-state index contributed by atoms with van der Waals surface area (Å²) in [7, 11) is -4.16. The molecule has 0 spiro atoms. The Balaban J connectivity index is 2.03. The van der Waals surface area contributed by atoms with Crippen LogP contribution in [0.4, 0.5) is 5.69 Å². The van der Waals surface area contributed by atoms with Gasteiger partial charge in [-0.15, -0.1) is 0 Å². The highest BCUT2D eigenvalue weighted by Gasteiger charge is 2.33. The Bertz CT molecular complexity index is 1400. The monoisotopic (exact) mass is 603 g/mol. The van der Waals surface area contributed by atoms with Crippen LogP contribution in [0.15, 0.2) is 77.7 Å². The predicted molar refractivity (Wildman–Crippen MR) is 161 cm³/mol. The van der Waals surface area contributed by atoms with Crippen molar-refractivity contribution in [1.82, 2.24) is 10.2 Å². The fourth-order valence-electron chi connectivity index (χ4n) is 4.26. The van der Waals surface area contributed by atoms with Crippen molar-refractivity contribution in [3.63, 3.8) is 0 Å². The minimum absolute atomic E-state index is 0.000178. The molecule has 7 nitrogen and oxygen atoms in total. The number of carbonyl (C=O) groups excluding carboxylic acids is 2. The third kappa shape index (κ3) is 8.22. The molecule has 0 saturated carbocycles. The smallest absolute Gasteiger partial charge is 0.264 e. The van der Waals surface area contributed by atoms with Gasteiger partial charge in [0.1, 0.15) is 12.6 Å². The molecule has 40 heavy (non-hydrogen) atoms. The summed E-state index contributed by atoms with van der Waals surface area (Å²) in [6, 6.07) is 18.9. The van der Waals surface area contributed by atoms with Crippen molar-refractivity contribution < 1.29 is 18.0 Å². The zero-order valence-corrected chi connectivity index (χ0v) is 25.3. The molecule has 0 bridgehead atoms. The molecule has 0 radical (unpaired) electrons. The minimum atomic E-state index is -4.16. The highest BCUT2D eigenvalue weighted by Crippen LogP contribution is 2.26. The van der Waals surface area contributed by atoms with E-state index in [0.717, 1.165) is 28.3 Å². The number of nitrogens with zero attached hydrogens (tertiary/aromatic N) is 2. The topological polar surface area (TPSA) is 86.8 Å². The van der Waals surface area contributed by atoms with Crippen molar-refractivity contribution in [2.75, 3.05) is 17.4 Å². The molecular weight excluding hydrogens is 569 g/mol. The molecule has 0 aromatic heterocycles. The molecular formula is C30H35Cl2N3O4S. The standard InChI is InChI=1S/C30H35Cl2N3O4S/c1-4-6-18-33-30(37)28(5-2)34(20-23-10-12-24(31)13-11-23)29(36)21-35(26-9-7-8-22(3)19-26)40(38,39)27-16-14-25(32)15-17-27/h7-17,19,28H,4-6,18,20-21H2,1-3H3,(H,33,37)/t28-/m1/s1. The fraction of sp³-hybridized carbons (Fsp3) is 0.333. The highest BCUT2D eigenvalue weighted by molar-refractivity contribution is 7.92. The Morgan fingerprint density at radius 1 is 0.925 bits per heavy atom. The largest absolute Gasteiger partial charge is 0.354 e. The highest BCUT2D eigenvalue weighted by atomic mass is 35.5. The quantitative estimate of drug-likeness (QED) is 0.235. The summed E-state index contributed by atoms with van der Waals surface area (Å²) < 4.78 is 28.8. The summed E-state index contributed by atoms with van der Waals surface area (Å²) in [5, 5.41) is 3.86. The summed E-state index contributed by atoms with van der Waals surface area (Å²) in [5.41, 5.74) is 1.94. The van der Waals surface area contributed by atoms with Crippen LogP contribution in [0.5, 0.6) is 0 Å². The van der Waals surface area contributed by atoms with Crippen LogP contribution in [-0.2, 0) is 26.2 Å². The number of rotatable bonds is 13. The van der Waals surface area contributed by atoms with Crippen molar-refractivity contribution in [3.8, 4) is 0 Å². The average molecular weight is 605 g/mol. The number of amides is 2. The van der Waals surface area contributed by atoms with Crippen LogP contribution in [0.2, 0.25) is 10.0 Å². The average Bonchev–Trinajstić information content (AvgIpc) is 2.93. The lowest BCUT2D eigenvalue weighted by Crippen LogP contribution is -2.52. The molecule has 0 heterocycles. The summed E-state index contributed by atoms with van der Waals surface area (Å²) >= 11 is 12.1. The van der Waals surface area contributed by atoms with Crippen LogP contribution in [0.25, 0.3) is 0 Å². The number of benzene rings is 3. The van der Waals surface area contributed by atoms with Crippen molar-refractivity contribution in [1.29, 1.82) is 0 Å². The second-order valence-electron chi connectivity index (χ2n) is 9.52. The first-order chi connectivity index (χ1) is 19.1. The number of unbranched alkanes of at least 4 members (excludes halogenated alkanes) is 1. The van der Waals surface area contributed by atoms with Crippen LogP contribution in [0.1, 0.15) is 44.2 Å². The Morgan fingerprint density at radius 3 is 2.12 bits per heavy atom. The van der Waals surface area contributed by atoms with E-state index in [2.05, 4.69) is 5.32 Å². The Labute approximate surface area is 247 Å². The second kappa shape index (κ2) is 14.5. The van der Waals surface area contributed by atoms with Crippen LogP contribution < -0.4 is 9.62 Å². The number of hydrogen-bond donors (Lipinski definition) is 1. The van der Waals surface area contributed by atoms with Gasteiger partial charge in [0.2, 0.25) is 11.8 Å². The predicted octanol–water partition coefficient (Wildman–Crippen LogP) is 6.22. The van der Waals surface area contributed by atoms with Gasteiger partial charge in [-0.3, -0.25) is 13.9 Å².